The minimum atomic E-state index is 0.00531. The molecule has 2 aliphatic carbocycles. The highest BCUT2D eigenvalue weighted by Crippen LogP contribution is 2.40. The molecule has 0 aromatic heterocycles. The summed E-state index contributed by atoms with van der Waals surface area (Å²) in [5.74, 6) is 1.74. The Labute approximate surface area is 232 Å². The number of carbonyl (C=O) groups excluding carboxylic acids is 2. The van der Waals surface area contributed by atoms with Gasteiger partial charge in [-0.3, -0.25) is 9.59 Å². The summed E-state index contributed by atoms with van der Waals surface area (Å²) >= 11 is 0. The minimum absolute atomic E-state index is 0.00531. The zero-order valence-corrected chi connectivity index (χ0v) is 24.8. The van der Waals surface area contributed by atoms with E-state index in [4.69, 9.17) is 18.9 Å². The van der Waals surface area contributed by atoms with Crippen LogP contribution >= 0.6 is 0 Å². The number of hydrogen-bond donors (Lipinski definition) is 0. The number of unbranched alkanes of at least 4 members (excludes halogenated alkanes) is 1. The molecule has 0 spiro atoms. The van der Waals surface area contributed by atoms with Crippen LogP contribution in [0.2, 0.25) is 0 Å². The molecule has 0 bridgehead atoms. The highest BCUT2D eigenvalue weighted by atomic mass is 16.6. The normalized spacial score (nSPS) is 29.8. The van der Waals surface area contributed by atoms with Crippen molar-refractivity contribution in [3.05, 3.63) is 0 Å². The smallest absolute Gasteiger partial charge is 0.308 e. The number of epoxide rings is 2. The lowest BCUT2D eigenvalue weighted by Crippen LogP contribution is -2.24. The molecule has 6 nitrogen and oxygen atoms in total. The van der Waals surface area contributed by atoms with Crippen LogP contribution in [-0.4, -0.2) is 49.6 Å². The Hall–Kier alpha value is -1.14. The average molecular weight is 537 g/mol. The number of rotatable bonds is 16. The van der Waals surface area contributed by atoms with E-state index in [1.165, 1.54) is 0 Å². The van der Waals surface area contributed by atoms with Crippen molar-refractivity contribution in [1.29, 1.82) is 0 Å². The predicted molar refractivity (Wildman–Crippen MR) is 150 cm³/mol. The van der Waals surface area contributed by atoms with Crippen molar-refractivity contribution in [2.24, 2.45) is 23.7 Å². The van der Waals surface area contributed by atoms with Gasteiger partial charge in [0.2, 0.25) is 0 Å². The molecule has 2 saturated carbocycles. The lowest BCUT2D eigenvalue weighted by molar-refractivity contribution is -0.151. The largest absolute Gasteiger partial charge is 0.465 e. The first kappa shape index (κ1) is 31.4. The van der Waals surface area contributed by atoms with Gasteiger partial charge >= 0.3 is 11.9 Å². The van der Waals surface area contributed by atoms with Crippen molar-refractivity contribution < 1.29 is 28.5 Å². The van der Waals surface area contributed by atoms with Gasteiger partial charge in [-0.1, -0.05) is 72.6 Å². The van der Waals surface area contributed by atoms with E-state index in [0.717, 1.165) is 96.3 Å². The van der Waals surface area contributed by atoms with Gasteiger partial charge < -0.3 is 18.9 Å². The van der Waals surface area contributed by atoms with Crippen LogP contribution < -0.4 is 0 Å². The lowest BCUT2D eigenvalue weighted by atomic mass is 9.90. The Morgan fingerprint density at radius 1 is 0.684 bits per heavy atom. The predicted octanol–water partition coefficient (Wildman–Crippen LogP) is 7.41. The molecular formula is C32H56O6. The molecule has 4 aliphatic rings. The summed E-state index contributed by atoms with van der Waals surface area (Å²) in [6, 6.07) is 0. The fourth-order valence-corrected chi connectivity index (χ4v) is 6.44. The summed E-state index contributed by atoms with van der Waals surface area (Å²) in [7, 11) is 0. The molecule has 220 valence electrons. The van der Waals surface area contributed by atoms with E-state index in [9.17, 15) is 9.59 Å². The van der Waals surface area contributed by atoms with E-state index in [0.29, 0.717) is 61.8 Å². The monoisotopic (exact) mass is 536 g/mol. The first-order chi connectivity index (χ1) is 18.5. The molecule has 0 aromatic rings. The van der Waals surface area contributed by atoms with Crippen molar-refractivity contribution in [2.75, 3.05) is 13.2 Å². The maximum absolute atomic E-state index is 12.1. The van der Waals surface area contributed by atoms with Crippen LogP contribution in [0.5, 0.6) is 0 Å². The zero-order chi connectivity index (χ0) is 27.3. The zero-order valence-electron chi connectivity index (χ0n) is 24.8. The maximum Gasteiger partial charge on any atom is 0.308 e. The van der Waals surface area contributed by atoms with Gasteiger partial charge in [-0.2, -0.15) is 0 Å². The van der Waals surface area contributed by atoms with Crippen LogP contribution in [0.3, 0.4) is 0 Å². The van der Waals surface area contributed by atoms with Crippen molar-refractivity contribution in [3.8, 4) is 0 Å². The second kappa shape index (κ2) is 16.8. The first-order valence-corrected chi connectivity index (χ1v) is 16.1. The summed E-state index contributed by atoms with van der Waals surface area (Å²) in [6.07, 6.45) is 19.3. The Bertz CT molecular complexity index is 689. The van der Waals surface area contributed by atoms with Crippen molar-refractivity contribution in [3.63, 3.8) is 0 Å². The van der Waals surface area contributed by atoms with Gasteiger partial charge in [-0.15, -0.1) is 0 Å². The highest BCUT2D eigenvalue weighted by Gasteiger charge is 2.44. The van der Waals surface area contributed by atoms with Gasteiger partial charge in [-0.25, -0.2) is 0 Å². The van der Waals surface area contributed by atoms with Crippen LogP contribution in [0.1, 0.15) is 130 Å². The second-order valence-corrected chi connectivity index (χ2v) is 12.4. The standard InChI is InChI=1S/2C16H28O3/c1-3-5-12(6-4-2)10-16(17)18-11-13-7-8-14-15(9-13)19-14;1-3-5-7-13(6-4-2)16(17)18-11-12-8-9-14-15(10-12)19-14/h2*12-15H,3-11H2,1-2H3. The maximum atomic E-state index is 12.1. The molecule has 4 fully saturated rings. The van der Waals surface area contributed by atoms with E-state index in [1.54, 1.807) is 0 Å². The van der Waals surface area contributed by atoms with E-state index in [-0.39, 0.29) is 17.9 Å². The third kappa shape index (κ3) is 11.2. The van der Waals surface area contributed by atoms with Crippen LogP contribution in [0.15, 0.2) is 0 Å². The Balaban J connectivity index is 0.000000211. The van der Waals surface area contributed by atoms with E-state index >= 15 is 0 Å². The number of esters is 2. The van der Waals surface area contributed by atoms with Gasteiger partial charge in [0.25, 0.3) is 0 Å². The van der Waals surface area contributed by atoms with Gasteiger partial charge in [0, 0.05) is 6.42 Å². The lowest BCUT2D eigenvalue weighted by Gasteiger charge is -2.21. The molecular weight excluding hydrogens is 480 g/mol. The first-order valence-electron chi connectivity index (χ1n) is 16.1. The average Bonchev–Trinajstić information content (AvgIpc) is 3.83. The van der Waals surface area contributed by atoms with Crippen molar-refractivity contribution >= 4 is 11.9 Å². The van der Waals surface area contributed by atoms with E-state index in [2.05, 4.69) is 27.7 Å². The molecule has 38 heavy (non-hydrogen) atoms. The number of hydrogen-bond acceptors (Lipinski definition) is 6. The van der Waals surface area contributed by atoms with Crippen LogP contribution in [-0.2, 0) is 28.5 Å². The topological polar surface area (TPSA) is 77.7 Å². The molecule has 7 unspecified atom stereocenters. The SMILES string of the molecule is CCCC(CCC)CC(=O)OCC1CCC2OC2C1.CCCCC(CCC)C(=O)OCC1CCC2OC2C1. The van der Waals surface area contributed by atoms with Gasteiger partial charge in [0.15, 0.2) is 0 Å². The Morgan fingerprint density at radius 2 is 1.24 bits per heavy atom. The van der Waals surface area contributed by atoms with Crippen molar-refractivity contribution in [2.45, 2.75) is 155 Å². The Kier molecular flexibility index (Phi) is 13.9. The molecule has 2 heterocycles. The second-order valence-electron chi connectivity index (χ2n) is 12.4. The molecule has 7 atom stereocenters. The molecule has 0 aromatic carbocycles. The third-order valence-electron chi connectivity index (χ3n) is 8.89. The van der Waals surface area contributed by atoms with E-state index < -0.39 is 0 Å². The molecule has 4 rings (SSSR count). The molecule has 2 aliphatic heterocycles. The van der Waals surface area contributed by atoms with Crippen molar-refractivity contribution in [1.82, 2.24) is 0 Å². The van der Waals surface area contributed by atoms with Gasteiger partial charge in [0.1, 0.15) is 0 Å². The van der Waals surface area contributed by atoms with Crippen LogP contribution in [0.25, 0.3) is 0 Å². The fraction of sp³-hybridized carbons (Fsp3) is 0.938. The summed E-state index contributed by atoms with van der Waals surface area (Å²) in [6.45, 7) is 9.89. The van der Waals surface area contributed by atoms with Gasteiger partial charge in [0.05, 0.1) is 43.5 Å². The quantitative estimate of drug-likeness (QED) is 0.151. The van der Waals surface area contributed by atoms with E-state index in [1.807, 2.05) is 0 Å². The molecule has 0 N–H and O–H groups in total. The van der Waals surface area contributed by atoms with Gasteiger partial charge in [-0.05, 0) is 69.1 Å². The summed E-state index contributed by atoms with van der Waals surface area (Å²) in [4.78, 5) is 24.0. The molecule has 0 radical (unpaired) electrons. The number of fused-ring (bicyclic) bond motifs is 2. The minimum Gasteiger partial charge on any atom is -0.465 e. The molecule has 2 saturated heterocycles. The number of ether oxygens (including phenoxy) is 4. The fourth-order valence-electron chi connectivity index (χ4n) is 6.44. The van der Waals surface area contributed by atoms with Crippen LogP contribution in [0.4, 0.5) is 0 Å². The summed E-state index contributed by atoms with van der Waals surface area (Å²) in [5, 5.41) is 0. The molecule has 0 amide bonds. The summed E-state index contributed by atoms with van der Waals surface area (Å²) < 4.78 is 22.1. The molecule has 6 heteroatoms. The van der Waals surface area contributed by atoms with Crippen LogP contribution in [0, 0.1) is 23.7 Å². The third-order valence-corrected chi connectivity index (χ3v) is 8.89. The summed E-state index contributed by atoms with van der Waals surface area (Å²) in [5.41, 5.74) is 0. The highest BCUT2D eigenvalue weighted by molar-refractivity contribution is 5.72. The number of carbonyl (C=O) groups is 2. The Morgan fingerprint density at radius 3 is 1.74 bits per heavy atom.